The van der Waals surface area contributed by atoms with Crippen molar-refractivity contribution in [3.05, 3.63) is 94.3 Å². The van der Waals surface area contributed by atoms with Crippen molar-refractivity contribution in [2.24, 2.45) is 5.73 Å². The summed E-state index contributed by atoms with van der Waals surface area (Å²) >= 11 is 0. The average Bonchev–Trinajstić information content (AvgIpc) is 3.13. The zero-order valence-corrected chi connectivity index (χ0v) is 17.5. The zero-order chi connectivity index (χ0) is 21.3. The van der Waals surface area contributed by atoms with Gasteiger partial charge in [-0.25, -0.2) is 4.98 Å². The lowest BCUT2D eigenvalue weighted by atomic mass is 10.0. The third-order valence-electron chi connectivity index (χ3n) is 5.63. The fraction of sp³-hybridized carbons (Fsp3) is 0.200. The standard InChI is InChI=1S/C25H25N3O2/c1-16-17(2)22-21(23(18(16)3)30-15-20-12-8-5-9-13-20)27-25(24(26)29)28(22)14-19-10-6-4-7-11-19/h4-13H,14-15H2,1-3H3,(H2,26,29). The lowest BCUT2D eigenvalue weighted by Gasteiger charge is -2.16. The number of imidazole rings is 1. The van der Waals surface area contributed by atoms with Gasteiger partial charge < -0.3 is 15.0 Å². The highest BCUT2D eigenvalue weighted by Gasteiger charge is 2.23. The Labute approximate surface area is 176 Å². The van der Waals surface area contributed by atoms with Crippen LogP contribution in [-0.2, 0) is 13.2 Å². The highest BCUT2D eigenvalue weighted by atomic mass is 16.5. The number of carbonyl (C=O) groups excluding carboxylic acids is 1. The molecular weight excluding hydrogens is 374 g/mol. The van der Waals surface area contributed by atoms with Gasteiger partial charge >= 0.3 is 0 Å². The van der Waals surface area contributed by atoms with Gasteiger partial charge in [0.1, 0.15) is 12.1 Å². The first-order valence-electron chi connectivity index (χ1n) is 9.97. The summed E-state index contributed by atoms with van der Waals surface area (Å²) in [6.07, 6.45) is 0. The van der Waals surface area contributed by atoms with Gasteiger partial charge in [0.05, 0.1) is 5.52 Å². The number of nitrogens with zero attached hydrogens (tertiary/aromatic N) is 2. The molecule has 0 bridgehead atoms. The van der Waals surface area contributed by atoms with E-state index in [2.05, 4.69) is 18.8 Å². The number of hydrogen-bond acceptors (Lipinski definition) is 3. The molecule has 30 heavy (non-hydrogen) atoms. The molecule has 0 unspecified atom stereocenters. The lowest BCUT2D eigenvalue weighted by molar-refractivity contribution is 0.0987. The van der Waals surface area contributed by atoms with E-state index in [-0.39, 0.29) is 5.82 Å². The molecule has 5 heteroatoms. The minimum atomic E-state index is -0.550. The molecule has 152 valence electrons. The Morgan fingerprint density at radius 3 is 2.10 bits per heavy atom. The van der Waals surface area contributed by atoms with Crippen molar-refractivity contribution in [2.45, 2.75) is 33.9 Å². The van der Waals surface area contributed by atoms with Gasteiger partial charge in [0.2, 0.25) is 0 Å². The van der Waals surface area contributed by atoms with Crippen LogP contribution in [-0.4, -0.2) is 15.5 Å². The molecule has 0 radical (unpaired) electrons. The second-order valence-corrected chi connectivity index (χ2v) is 7.55. The van der Waals surface area contributed by atoms with E-state index in [1.165, 1.54) is 0 Å². The van der Waals surface area contributed by atoms with Crippen LogP contribution < -0.4 is 10.5 Å². The van der Waals surface area contributed by atoms with Gasteiger partial charge in [0.15, 0.2) is 11.6 Å². The summed E-state index contributed by atoms with van der Waals surface area (Å²) in [5, 5.41) is 0. The Bertz CT molecular complexity index is 1210. The normalized spacial score (nSPS) is 11.0. The van der Waals surface area contributed by atoms with Crippen LogP contribution in [0.3, 0.4) is 0 Å². The van der Waals surface area contributed by atoms with Crippen molar-refractivity contribution in [1.29, 1.82) is 0 Å². The SMILES string of the molecule is Cc1c(C)c(C)c2c(nc(C(N)=O)n2Cc2ccccc2)c1OCc1ccccc1. The minimum absolute atomic E-state index is 0.242. The third kappa shape index (κ3) is 3.54. The zero-order valence-electron chi connectivity index (χ0n) is 17.5. The molecule has 1 amide bonds. The molecule has 0 atom stereocenters. The second kappa shape index (κ2) is 8.03. The summed E-state index contributed by atoms with van der Waals surface area (Å²) in [5.74, 6) is 0.392. The summed E-state index contributed by atoms with van der Waals surface area (Å²) in [7, 11) is 0. The molecule has 5 nitrogen and oxygen atoms in total. The van der Waals surface area contributed by atoms with Gasteiger partial charge in [-0.2, -0.15) is 0 Å². The number of benzene rings is 3. The minimum Gasteiger partial charge on any atom is -0.486 e. The molecule has 4 rings (SSSR count). The summed E-state index contributed by atoms with van der Waals surface area (Å²) < 4.78 is 8.15. The topological polar surface area (TPSA) is 70.1 Å². The van der Waals surface area contributed by atoms with Crippen molar-refractivity contribution in [3.63, 3.8) is 0 Å². The van der Waals surface area contributed by atoms with Gasteiger partial charge in [-0.1, -0.05) is 60.7 Å². The molecule has 4 aromatic rings. The molecular formula is C25H25N3O2. The molecule has 0 fully saturated rings. The number of aromatic nitrogens is 2. The molecule has 0 aliphatic rings. The predicted octanol–water partition coefficient (Wildman–Crippen LogP) is 4.69. The van der Waals surface area contributed by atoms with E-state index in [4.69, 9.17) is 10.5 Å². The number of fused-ring (bicyclic) bond motifs is 1. The molecule has 0 aliphatic heterocycles. The largest absolute Gasteiger partial charge is 0.486 e. The quantitative estimate of drug-likeness (QED) is 0.511. The number of ether oxygens (including phenoxy) is 1. The van der Waals surface area contributed by atoms with Gasteiger partial charge in [-0.05, 0) is 48.6 Å². The Hall–Kier alpha value is -3.60. The first-order valence-corrected chi connectivity index (χ1v) is 9.97. The summed E-state index contributed by atoms with van der Waals surface area (Å²) in [6.45, 7) is 7.10. The maximum atomic E-state index is 12.3. The smallest absolute Gasteiger partial charge is 0.284 e. The van der Waals surface area contributed by atoms with Crippen LogP contribution in [0.2, 0.25) is 0 Å². The number of primary amides is 1. The lowest BCUT2D eigenvalue weighted by Crippen LogP contribution is -2.18. The number of rotatable bonds is 6. The summed E-state index contributed by atoms with van der Waals surface area (Å²) in [6, 6.07) is 20.0. The van der Waals surface area contributed by atoms with Crippen LogP contribution in [0.15, 0.2) is 60.7 Å². The van der Waals surface area contributed by atoms with E-state index in [0.717, 1.165) is 33.3 Å². The number of carbonyl (C=O) groups is 1. The summed E-state index contributed by atoms with van der Waals surface area (Å²) in [4.78, 5) is 16.9. The Kier molecular flexibility index (Phi) is 5.27. The molecule has 0 saturated heterocycles. The highest BCUT2D eigenvalue weighted by molar-refractivity contribution is 5.97. The van der Waals surface area contributed by atoms with E-state index in [9.17, 15) is 4.79 Å². The van der Waals surface area contributed by atoms with Crippen LogP contribution >= 0.6 is 0 Å². The highest BCUT2D eigenvalue weighted by Crippen LogP contribution is 2.36. The number of hydrogen-bond donors (Lipinski definition) is 1. The van der Waals surface area contributed by atoms with Gasteiger partial charge in [0, 0.05) is 6.54 Å². The van der Waals surface area contributed by atoms with E-state index in [0.29, 0.717) is 24.4 Å². The molecule has 1 aromatic heterocycles. The molecule has 1 heterocycles. The van der Waals surface area contributed by atoms with Crippen LogP contribution in [0.4, 0.5) is 0 Å². The first-order chi connectivity index (χ1) is 14.5. The van der Waals surface area contributed by atoms with Gasteiger partial charge in [-0.15, -0.1) is 0 Å². The van der Waals surface area contributed by atoms with Crippen LogP contribution in [0.5, 0.6) is 5.75 Å². The number of nitrogens with two attached hydrogens (primary N) is 1. The molecule has 2 N–H and O–H groups in total. The molecule has 3 aromatic carbocycles. The van der Waals surface area contributed by atoms with E-state index >= 15 is 0 Å². The van der Waals surface area contributed by atoms with Crippen LogP contribution in [0, 0.1) is 20.8 Å². The summed E-state index contributed by atoms with van der Waals surface area (Å²) in [5.41, 5.74) is 12.6. The maximum absolute atomic E-state index is 12.3. The maximum Gasteiger partial charge on any atom is 0.284 e. The number of aryl methyl sites for hydroxylation is 1. The van der Waals surface area contributed by atoms with Crippen molar-refractivity contribution in [2.75, 3.05) is 0 Å². The van der Waals surface area contributed by atoms with Crippen molar-refractivity contribution < 1.29 is 9.53 Å². The van der Waals surface area contributed by atoms with Crippen LogP contribution in [0.1, 0.15) is 38.4 Å². The average molecular weight is 399 g/mol. The molecule has 0 spiro atoms. The Balaban J connectivity index is 1.88. The number of amides is 1. The van der Waals surface area contributed by atoms with Crippen molar-refractivity contribution >= 4 is 16.9 Å². The molecule has 0 aliphatic carbocycles. The monoisotopic (exact) mass is 399 g/mol. The van der Waals surface area contributed by atoms with Crippen molar-refractivity contribution in [3.8, 4) is 5.75 Å². The first kappa shape index (κ1) is 19.7. The Morgan fingerprint density at radius 2 is 1.50 bits per heavy atom. The molecule has 0 saturated carbocycles. The predicted molar refractivity (Wildman–Crippen MR) is 119 cm³/mol. The van der Waals surface area contributed by atoms with E-state index in [1.54, 1.807) is 0 Å². The third-order valence-corrected chi connectivity index (χ3v) is 5.63. The fourth-order valence-corrected chi connectivity index (χ4v) is 3.81. The van der Waals surface area contributed by atoms with E-state index in [1.807, 2.05) is 72.2 Å². The second-order valence-electron chi connectivity index (χ2n) is 7.55. The van der Waals surface area contributed by atoms with Crippen molar-refractivity contribution in [1.82, 2.24) is 9.55 Å². The Morgan fingerprint density at radius 1 is 0.900 bits per heavy atom. The van der Waals surface area contributed by atoms with Gasteiger partial charge in [0.25, 0.3) is 5.91 Å². The van der Waals surface area contributed by atoms with Gasteiger partial charge in [-0.3, -0.25) is 4.79 Å². The van der Waals surface area contributed by atoms with E-state index < -0.39 is 5.91 Å². The fourth-order valence-electron chi connectivity index (χ4n) is 3.81. The van der Waals surface area contributed by atoms with Crippen LogP contribution in [0.25, 0.3) is 11.0 Å².